The Morgan fingerprint density at radius 2 is 2.04 bits per heavy atom. The second-order valence-electron chi connectivity index (χ2n) is 6.35. The summed E-state index contributed by atoms with van der Waals surface area (Å²) in [4.78, 5) is 20.0. The first kappa shape index (κ1) is 17.5. The number of fused-ring (bicyclic) bond motifs is 1. The van der Waals surface area contributed by atoms with Crippen molar-refractivity contribution in [2.24, 2.45) is 0 Å². The van der Waals surface area contributed by atoms with E-state index in [4.69, 9.17) is 4.74 Å². The first-order valence-electron chi connectivity index (χ1n) is 8.50. The van der Waals surface area contributed by atoms with E-state index in [1.165, 1.54) is 12.1 Å². The fourth-order valence-corrected chi connectivity index (χ4v) is 3.18. The Kier molecular flexibility index (Phi) is 4.35. The number of aromatic amines is 1. The van der Waals surface area contributed by atoms with Gasteiger partial charge < -0.3 is 15.0 Å². The summed E-state index contributed by atoms with van der Waals surface area (Å²) in [7, 11) is 0. The van der Waals surface area contributed by atoms with Crippen LogP contribution in [0.1, 0.15) is 40.7 Å². The first-order chi connectivity index (χ1) is 12.9. The third-order valence-electron chi connectivity index (χ3n) is 4.47. The predicted octanol–water partition coefficient (Wildman–Crippen LogP) is 4.69. The zero-order chi connectivity index (χ0) is 19.0. The molecular formula is C19H16F3N3O2. The summed E-state index contributed by atoms with van der Waals surface area (Å²) >= 11 is 0. The van der Waals surface area contributed by atoms with Crippen molar-refractivity contribution < 1.29 is 22.7 Å². The maximum Gasteiger partial charge on any atom is 0.417 e. The van der Waals surface area contributed by atoms with Crippen LogP contribution in [-0.2, 0) is 10.9 Å². The summed E-state index contributed by atoms with van der Waals surface area (Å²) in [6, 6.07) is 9.66. The molecule has 0 radical (unpaired) electrons. The molecule has 2 heterocycles. The third kappa shape index (κ3) is 3.52. The van der Waals surface area contributed by atoms with Gasteiger partial charge in [-0.2, -0.15) is 13.2 Å². The third-order valence-corrected chi connectivity index (χ3v) is 4.47. The van der Waals surface area contributed by atoms with Crippen molar-refractivity contribution in [2.45, 2.75) is 25.1 Å². The van der Waals surface area contributed by atoms with Crippen LogP contribution in [0.2, 0.25) is 0 Å². The van der Waals surface area contributed by atoms with Crippen molar-refractivity contribution in [3.05, 3.63) is 59.4 Å². The SMILES string of the molecule is O=C(Nc1ccc2nc(C3CCCO3)[nH]c2c1)c1ccccc1C(F)(F)F. The van der Waals surface area contributed by atoms with E-state index in [1.54, 1.807) is 18.2 Å². The van der Waals surface area contributed by atoms with Crippen LogP contribution in [0.15, 0.2) is 42.5 Å². The molecule has 0 saturated carbocycles. The first-order valence-corrected chi connectivity index (χ1v) is 8.50. The maximum absolute atomic E-state index is 13.1. The van der Waals surface area contributed by atoms with Gasteiger partial charge >= 0.3 is 6.18 Å². The summed E-state index contributed by atoms with van der Waals surface area (Å²) in [6.45, 7) is 0.696. The number of imidazole rings is 1. The van der Waals surface area contributed by atoms with Gasteiger partial charge in [0, 0.05) is 12.3 Å². The summed E-state index contributed by atoms with van der Waals surface area (Å²) < 4.78 is 44.9. The molecule has 1 atom stereocenters. The van der Waals surface area contributed by atoms with Crippen LogP contribution in [0.25, 0.3) is 11.0 Å². The summed E-state index contributed by atoms with van der Waals surface area (Å²) in [5.74, 6) is -0.102. The minimum Gasteiger partial charge on any atom is -0.370 e. The van der Waals surface area contributed by atoms with E-state index in [-0.39, 0.29) is 6.10 Å². The maximum atomic E-state index is 13.1. The molecule has 1 aromatic heterocycles. The van der Waals surface area contributed by atoms with Crippen LogP contribution < -0.4 is 5.32 Å². The zero-order valence-corrected chi connectivity index (χ0v) is 14.1. The van der Waals surface area contributed by atoms with Crippen molar-refractivity contribution in [1.82, 2.24) is 9.97 Å². The molecule has 1 fully saturated rings. The highest BCUT2D eigenvalue weighted by molar-refractivity contribution is 6.06. The number of rotatable bonds is 3. The van der Waals surface area contributed by atoms with E-state index in [0.29, 0.717) is 29.2 Å². The van der Waals surface area contributed by atoms with Crippen LogP contribution >= 0.6 is 0 Å². The van der Waals surface area contributed by atoms with Crippen LogP contribution in [0.3, 0.4) is 0 Å². The molecule has 1 aliphatic heterocycles. The van der Waals surface area contributed by atoms with E-state index >= 15 is 0 Å². The Labute approximate surface area is 152 Å². The smallest absolute Gasteiger partial charge is 0.370 e. The molecule has 0 aliphatic carbocycles. The van der Waals surface area contributed by atoms with Crippen LogP contribution in [-0.4, -0.2) is 22.5 Å². The monoisotopic (exact) mass is 375 g/mol. The number of anilines is 1. The molecule has 8 heteroatoms. The van der Waals surface area contributed by atoms with Crippen molar-refractivity contribution in [3.63, 3.8) is 0 Å². The number of hydrogen-bond acceptors (Lipinski definition) is 3. The lowest BCUT2D eigenvalue weighted by molar-refractivity contribution is -0.137. The van der Waals surface area contributed by atoms with Gasteiger partial charge in [0.1, 0.15) is 11.9 Å². The van der Waals surface area contributed by atoms with Gasteiger partial charge in [0.2, 0.25) is 0 Å². The largest absolute Gasteiger partial charge is 0.417 e. The van der Waals surface area contributed by atoms with Crippen molar-refractivity contribution in [3.8, 4) is 0 Å². The van der Waals surface area contributed by atoms with Gasteiger partial charge in [-0.25, -0.2) is 4.98 Å². The number of carbonyl (C=O) groups is 1. The number of aromatic nitrogens is 2. The number of halogens is 3. The standard InChI is InChI=1S/C19H16F3N3O2/c20-19(21,22)13-5-2-1-4-12(13)18(26)23-11-7-8-14-15(10-11)25-17(24-14)16-6-3-9-27-16/h1-2,4-5,7-8,10,16H,3,6,9H2,(H,23,26)(H,24,25). The number of alkyl halides is 3. The minimum absolute atomic E-state index is 0.0749. The van der Waals surface area contributed by atoms with Gasteiger partial charge in [0.05, 0.1) is 22.2 Å². The van der Waals surface area contributed by atoms with Crippen molar-refractivity contribution in [2.75, 3.05) is 11.9 Å². The number of amides is 1. The van der Waals surface area contributed by atoms with Crippen molar-refractivity contribution in [1.29, 1.82) is 0 Å². The highest BCUT2D eigenvalue weighted by Crippen LogP contribution is 2.32. The number of hydrogen-bond donors (Lipinski definition) is 2. The normalized spacial score (nSPS) is 17.4. The Hall–Kier alpha value is -2.87. The van der Waals surface area contributed by atoms with Crippen LogP contribution in [0.4, 0.5) is 18.9 Å². The molecule has 1 aliphatic rings. The average Bonchev–Trinajstić information content (AvgIpc) is 3.30. The van der Waals surface area contributed by atoms with Crippen LogP contribution in [0.5, 0.6) is 0 Å². The Balaban J connectivity index is 1.59. The molecule has 0 bridgehead atoms. The van der Waals surface area contributed by atoms with E-state index in [0.717, 1.165) is 25.0 Å². The van der Waals surface area contributed by atoms with E-state index in [1.807, 2.05) is 0 Å². The molecule has 2 aromatic carbocycles. The molecule has 1 amide bonds. The molecule has 4 rings (SSSR count). The fraction of sp³-hybridized carbons (Fsp3) is 0.263. The number of benzene rings is 2. The second kappa shape index (κ2) is 6.70. The van der Waals surface area contributed by atoms with E-state index < -0.39 is 23.2 Å². The van der Waals surface area contributed by atoms with Gasteiger partial charge in [-0.1, -0.05) is 12.1 Å². The number of H-pyrrole nitrogens is 1. The fourth-order valence-electron chi connectivity index (χ4n) is 3.18. The average molecular weight is 375 g/mol. The molecule has 27 heavy (non-hydrogen) atoms. The Bertz CT molecular complexity index is 991. The molecule has 140 valence electrons. The van der Waals surface area contributed by atoms with Gasteiger partial charge in [-0.3, -0.25) is 4.79 Å². The summed E-state index contributed by atoms with van der Waals surface area (Å²) in [5.41, 5.74) is 0.379. The highest BCUT2D eigenvalue weighted by Gasteiger charge is 2.34. The molecule has 5 nitrogen and oxygen atoms in total. The van der Waals surface area contributed by atoms with E-state index in [2.05, 4.69) is 15.3 Å². The number of ether oxygens (including phenoxy) is 1. The summed E-state index contributed by atoms with van der Waals surface area (Å²) in [6.07, 6.45) is -2.81. The van der Waals surface area contributed by atoms with Crippen LogP contribution in [0, 0.1) is 0 Å². The molecule has 1 saturated heterocycles. The molecule has 0 spiro atoms. The zero-order valence-electron chi connectivity index (χ0n) is 14.1. The van der Waals surface area contributed by atoms with Gasteiger partial charge in [-0.05, 0) is 43.2 Å². The lowest BCUT2D eigenvalue weighted by Crippen LogP contribution is -2.18. The van der Waals surface area contributed by atoms with E-state index in [9.17, 15) is 18.0 Å². The highest BCUT2D eigenvalue weighted by atomic mass is 19.4. The van der Waals surface area contributed by atoms with Gasteiger partial charge in [-0.15, -0.1) is 0 Å². The Morgan fingerprint density at radius 1 is 1.22 bits per heavy atom. The Morgan fingerprint density at radius 3 is 2.78 bits per heavy atom. The second-order valence-corrected chi connectivity index (χ2v) is 6.35. The lowest BCUT2D eigenvalue weighted by atomic mass is 10.1. The number of nitrogens with one attached hydrogen (secondary N) is 2. The molecular weight excluding hydrogens is 359 g/mol. The van der Waals surface area contributed by atoms with Gasteiger partial charge in [0.15, 0.2) is 0 Å². The van der Waals surface area contributed by atoms with Crippen molar-refractivity contribution >= 4 is 22.6 Å². The number of carbonyl (C=O) groups excluding carboxylic acids is 1. The number of nitrogens with zero attached hydrogens (tertiary/aromatic N) is 1. The van der Waals surface area contributed by atoms with Gasteiger partial charge in [0.25, 0.3) is 5.91 Å². The molecule has 2 N–H and O–H groups in total. The quantitative estimate of drug-likeness (QED) is 0.698. The minimum atomic E-state index is -4.60. The lowest BCUT2D eigenvalue weighted by Gasteiger charge is -2.12. The topological polar surface area (TPSA) is 67.0 Å². The molecule has 3 aromatic rings. The predicted molar refractivity (Wildman–Crippen MR) is 93.4 cm³/mol. The summed E-state index contributed by atoms with van der Waals surface area (Å²) in [5, 5.41) is 2.52. The molecule has 1 unspecified atom stereocenters.